The highest BCUT2D eigenvalue weighted by atomic mass is 19.4. The van der Waals surface area contributed by atoms with Crippen molar-refractivity contribution in [1.29, 1.82) is 0 Å². The summed E-state index contributed by atoms with van der Waals surface area (Å²) in [5.41, 5.74) is -0.935. The Bertz CT molecular complexity index is 892. The van der Waals surface area contributed by atoms with Crippen LogP contribution in [0.25, 0.3) is 0 Å². The van der Waals surface area contributed by atoms with Crippen LogP contribution < -0.4 is 5.32 Å². The molecule has 2 aromatic rings. The zero-order chi connectivity index (χ0) is 19.8. The van der Waals surface area contributed by atoms with E-state index in [2.05, 4.69) is 5.32 Å². The SMILES string of the molecule is O=C(Nc1cccc(C(F)(F)F)c1)C1CN(C(=O)c2ccc(F)c(F)c2)C1. The number of halogens is 5. The van der Waals surface area contributed by atoms with Gasteiger partial charge < -0.3 is 10.2 Å². The molecule has 142 valence electrons. The van der Waals surface area contributed by atoms with Gasteiger partial charge in [-0.05, 0) is 36.4 Å². The minimum absolute atomic E-state index is 0.000192. The van der Waals surface area contributed by atoms with E-state index in [1.165, 1.54) is 17.0 Å². The number of anilines is 1. The molecule has 1 heterocycles. The number of carbonyl (C=O) groups excluding carboxylic acids is 2. The van der Waals surface area contributed by atoms with Crippen LogP contribution in [0.3, 0.4) is 0 Å². The van der Waals surface area contributed by atoms with Crippen LogP contribution in [0.1, 0.15) is 15.9 Å². The van der Waals surface area contributed by atoms with Gasteiger partial charge in [0.05, 0.1) is 11.5 Å². The van der Waals surface area contributed by atoms with Gasteiger partial charge in [-0.15, -0.1) is 0 Å². The maximum Gasteiger partial charge on any atom is 0.416 e. The van der Waals surface area contributed by atoms with Gasteiger partial charge in [0.1, 0.15) is 0 Å². The molecule has 0 spiro atoms. The molecule has 0 radical (unpaired) electrons. The third-order valence-corrected chi connectivity index (χ3v) is 4.16. The lowest BCUT2D eigenvalue weighted by Crippen LogP contribution is -2.54. The smallest absolute Gasteiger partial charge is 0.337 e. The first-order chi connectivity index (χ1) is 12.6. The van der Waals surface area contributed by atoms with E-state index in [0.717, 1.165) is 30.3 Å². The van der Waals surface area contributed by atoms with E-state index in [1.54, 1.807) is 0 Å². The van der Waals surface area contributed by atoms with Gasteiger partial charge in [0, 0.05) is 24.3 Å². The standard InChI is InChI=1S/C18H13F5N2O2/c19-14-5-4-10(6-15(14)20)17(27)25-8-11(9-25)16(26)24-13-3-1-2-12(7-13)18(21,22)23/h1-7,11H,8-9H2,(H,24,26). The van der Waals surface area contributed by atoms with E-state index in [1.807, 2.05) is 0 Å². The molecular weight excluding hydrogens is 371 g/mol. The van der Waals surface area contributed by atoms with E-state index >= 15 is 0 Å². The number of carbonyl (C=O) groups is 2. The van der Waals surface area contributed by atoms with E-state index in [-0.39, 0.29) is 24.3 Å². The van der Waals surface area contributed by atoms with Crippen LogP contribution in [0, 0.1) is 17.6 Å². The third kappa shape index (κ3) is 4.07. The first-order valence-electron chi connectivity index (χ1n) is 7.87. The van der Waals surface area contributed by atoms with Crippen LogP contribution in [0.2, 0.25) is 0 Å². The second-order valence-corrected chi connectivity index (χ2v) is 6.10. The summed E-state index contributed by atoms with van der Waals surface area (Å²) in [7, 11) is 0. The highest BCUT2D eigenvalue weighted by Crippen LogP contribution is 2.31. The molecule has 0 atom stereocenters. The number of nitrogens with zero attached hydrogens (tertiary/aromatic N) is 1. The zero-order valence-electron chi connectivity index (χ0n) is 13.7. The van der Waals surface area contributed by atoms with Gasteiger partial charge in [0.2, 0.25) is 5.91 Å². The van der Waals surface area contributed by atoms with E-state index in [4.69, 9.17) is 0 Å². The predicted octanol–water partition coefficient (Wildman–Crippen LogP) is 3.69. The van der Waals surface area contributed by atoms with E-state index in [0.29, 0.717) is 0 Å². The highest BCUT2D eigenvalue weighted by molar-refractivity contribution is 5.98. The van der Waals surface area contributed by atoms with E-state index < -0.39 is 41.1 Å². The summed E-state index contributed by atoms with van der Waals surface area (Å²) in [6.45, 7) is 0.0608. The second kappa shape index (κ2) is 6.98. The maximum absolute atomic E-state index is 13.2. The van der Waals surface area contributed by atoms with Crippen molar-refractivity contribution in [2.75, 3.05) is 18.4 Å². The summed E-state index contributed by atoms with van der Waals surface area (Å²) < 4.78 is 64.2. The molecule has 2 amide bonds. The van der Waals surface area contributed by atoms with Gasteiger partial charge in [-0.1, -0.05) is 6.07 Å². The summed E-state index contributed by atoms with van der Waals surface area (Å²) >= 11 is 0. The van der Waals surface area contributed by atoms with Crippen LogP contribution in [0.5, 0.6) is 0 Å². The fourth-order valence-electron chi connectivity index (χ4n) is 2.64. The fraction of sp³-hybridized carbons (Fsp3) is 0.222. The van der Waals surface area contributed by atoms with Crippen LogP contribution in [0.15, 0.2) is 42.5 Å². The molecule has 0 saturated carbocycles. The van der Waals surface area contributed by atoms with E-state index in [9.17, 15) is 31.5 Å². The van der Waals surface area contributed by atoms with Gasteiger partial charge in [0.25, 0.3) is 5.91 Å². The molecule has 1 fully saturated rings. The first-order valence-corrected chi connectivity index (χ1v) is 7.87. The summed E-state index contributed by atoms with van der Waals surface area (Å²) in [6.07, 6.45) is -4.52. The summed E-state index contributed by atoms with van der Waals surface area (Å²) in [6, 6.07) is 6.96. The van der Waals surface area contributed by atoms with Crippen molar-refractivity contribution >= 4 is 17.5 Å². The molecule has 0 aromatic heterocycles. The summed E-state index contributed by atoms with van der Waals surface area (Å²) in [5.74, 6) is -3.91. The van der Waals surface area contributed by atoms with Gasteiger partial charge in [0.15, 0.2) is 11.6 Å². The number of rotatable bonds is 3. The number of amides is 2. The molecule has 4 nitrogen and oxygen atoms in total. The van der Waals surface area contributed by atoms with Crippen LogP contribution in [0.4, 0.5) is 27.6 Å². The Morgan fingerprint density at radius 1 is 1.00 bits per heavy atom. The Labute approximate surface area is 150 Å². The zero-order valence-corrected chi connectivity index (χ0v) is 13.7. The fourth-order valence-corrected chi connectivity index (χ4v) is 2.64. The predicted molar refractivity (Wildman–Crippen MR) is 85.8 cm³/mol. The quantitative estimate of drug-likeness (QED) is 0.821. The Balaban J connectivity index is 1.58. The van der Waals surface area contributed by atoms with Crippen molar-refractivity contribution in [3.05, 3.63) is 65.2 Å². The van der Waals surface area contributed by atoms with Crippen LogP contribution >= 0.6 is 0 Å². The molecule has 0 bridgehead atoms. The van der Waals surface area contributed by atoms with Crippen molar-refractivity contribution in [3.63, 3.8) is 0 Å². The number of likely N-dealkylation sites (tertiary alicyclic amines) is 1. The van der Waals surface area contributed by atoms with Crippen LogP contribution in [-0.4, -0.2) is 29.8 Å². The van der Waals surface area contributed by atoms with Gasteiger partial charge in [-0.2, -0.15) is 13.2 Å². The monoisotopic (exact) mass is 384 g/mol. The molecule has 1 aliphatic rings. The molecule has 1 saturated heterocycles. The molecule has 9 heteroatoms. The Morgan fingerprint density at radius 3 is 2.33 bits per heavy atom. The maximum atomic E-state index is 13.2. The minimum atomic E-state index is -4.52. The molecule has 2 aromatic carbocycles. The molecule has 0 unspecified atom stereocenters. The number of hydrogen-bond donors (Lipinski definition) is 1. The minimum Gasteiger partial charge on any atom is -0.337 e. The lowest BCUT2D eigenvalue weighted by Gasteiger charge is -2.38. The van der Waals surface area contributed by atoms with Crippen molar-refractivity contribution in [1.82, 2.24) is 4.90 Å². The average Bonchev–Trinajstić information content (AvgIpc) is 2.55. The number of nitrogens with one attached hydrogen (secondary N) is 1. The number of alkyl halides is 3. The molecule has 1 N–H and O–H groups in total. The third-order valence-electron chi connectivity index (χ3n) is 4.16. The van der Waals surface area contributed by atoms with Gasteiger partial charge in [-0.25, -0.2) is 8.78 Å². The molecule has 1 aliphatic heterocycles. The number of hydrogen-bond acceptors (Lipinski definition) is 2. The van der Waals surface area contributed by atoms with Crippen molar-refractivity contribution in [2.45, 2.75) is 6.18 Å². The first kappa shape index (κ1) is 18.8. The molecule has 3 rings (SSSR count). The Kier molecular flexibility index (Phi) is 4.86. The Hall–Kier alpha value is -2.97. The van der Waals surface area contributed by atoms with Gasteiger partial charge in [-0.3, -0.25) is 9.59 Å². The number of benzene rings is 2. The summed E-state index contributed by atoms with van der Waals surface area (Å²) in [5, 5.41) is 2.39. The average molecular weight is 384 g/mol. The van der Waals surface area contributed by atoms with Crippen molar-refractivity contribution < 1.29 is 31.5 Å². The van der Waals surface area contributed by atoms with Gasteiger partial charge >= 0.3 is 6.18 Å². The lowest BCUT2D eigenvalue weighted by molar-refractivity contribution is -0.137. The second-order valence-electron chi connectivity index (χ2n) is 6.10. The molecule has 27 heavy (non-hydrogen) atoms. The van der Waals surface area contributed by atoms with Crippen molar-refractivity contribution in [2.24, 2.45) is 5.92 Å². The normalized spacial score (nSPS) is 14.6. The molecule has 0 aliphatic carbocycles. The largest absolute Gasteiger partial charge is 0.416 e. The Morgan fingerprint density at radius 2 is 1.70 bits per heavy atom. The molecular formula is C18H13F5N2O2. The summed E-state index contributed by atoms with van der Waals surface area (Å²) in [4.78, 5) is 25.5. The lowest BCUT2D eigenvalue weighted by atomic mass is 9.97. The van der Waals surface area contributed by atoms with Crippen LogP contribution in [-0.2, 0) is 11.0 Å². The highest BCUT2D eigenvalue weighted by Gasteiger charge is 2.36. The van der Waals surface area contributed by atoms with Crippen molar-refractivity contribution in [3.8, 4) is 0 Å². The topological polar surface area (TPSA) is 49.4 Å².